The van der Waals surface area contributed by atoms with E-state index in [0.29, 0.717) is 11.1 Å². The van der Waals surface area contributed by atoms with Crippen LogP contribution in [0.4, 0.5) is 11.4 Å². The Morgan fingerprint density at radius 1 is 0.509 bits per heavy atom. The van der Waals surface area contributed by atoms with Crippen LogP contribution in [0.15, 0.2) is 97.6 Å². The quantitative estimate of drug-likeness (QED) is 0.211. The number of benzene rings is 2. The first-order valence-corrected chi connectivity index (χ1v) is 16.2. The molecule has 14 nitrogen and oxygen atoms in total. The summed E-state index contributed by atoms with van der Waals surface area (Å²) in [6.45, 7) is 10.8. The van der Waals surface area contributed by atoms with Crippen LogP contribution in [0.2, 0.25) is 0 Å². The Labute approximate surface area is 322 Å². The molecular formula is C38H54CoN6O8+2. The van der Waals surface area contributed by atoms with Gasteiger partial charge in [0.2, 0.25) is 0 Å². The van der Waals surface area contributed by atoms with E-state index in [1.807, 2.05) is 65.7 Å². The molecule has 6 N–H and O–H groups in total. The van der Waals surface area contributed by atoms with Gasteiger partial charge in [-0.1, -0.05) is 24.3 Å². The van der Waals surface area contributed by atoms with E-state index in [-0.39, 0.29) is 50.7 Å². The van der Waals surface area contributed by atoms with E-state index in [9.17, 15) is 29.4 Å². The molecule has 2 aromatic carbocycles. The van der Waals surface area contributed by atoms with E-state index in [2.05, 4.69) is 9.97 Å². The minimum atomic E-state index is -1.14. The fraction of sp³-hybridized carbons (Fsp3) is 0.316. The number of carboxylic acid groups (broad SMARTS) is 2. The third-order valence-corrected chi connectivity index (χ3v) is 7.16. The van der Waals surface area contributed by atoms with Gasteiger partial charge in [-0.05, 0) is 87.4 Å². The third-order valence-electron chi connectivity index (χ3n) is 7.16. The molecule has 2 heterocycles. The van der Waals surface area contributed by atoms with Gasteiger partial charge in [0, 0.05) is 90.5 Å². The summed E-state index contributed by atoms with van der Waals surface area (Å²) in [5, 5.41) is 20.7. The van der Waals surface area contributed by atoms with Gasteiger partial charge in [-0.25, -0.2) is 0 Å². The van der Waals surface area contributed by atoms with Crippen LogP contribution in [0.5, 0.6) is 0 Å². The molecule has 0 spiro atoms. The number of aromatic carboxylic acids is 2. The molecule has 291 valence electrons. The molecule has 2 amide bonds. The zero-order valence-corrected chi connectivity index (χ0v) is 32.7. The number of hydrogen-bond donors (Lipinski definition) is 0. The van der Waals surface area contributed by atoms with Crippen LogP contribution < -0.4 is 20.0 Å². The van der Waals surface area contributed by atoms with Crippen molar-refractivity contribution in [2.24, 2.45) is 0 Å². The van der Waals surface area contributed by atoms with Gasteiger partial charge < -0.3 is 50.4 Å². The maximum absolute atomic E-state index is 11.7. The maximum Gasteiger partial charge on any atom is 2.00 e. The van der Waals surface area contributed by atoms with E-state index >= 15 is 0 Å². The third kappa shape index (κ3) is 18.6. The van der Waals surface area contributed by atoms with Gasteiger partial charge >= 0.3 is 16.8 Å². The van der Waals surface area contributed by atoms with Crippen LogP contribution in [0, 0.1) is 0 Å². The van der Waals surface area contributed by atoms with Crippen LogP contribution in [-0.2, 0) is 27.7 Å². The van der Waals surface area contributed by atoms with Gasteiger partial charge in [0.05, 0.1) is 23.1 Å². The Morgan fingerprint density at radius 2 is 0.792 bits per heavy atom. The van der Waals surface area contributed by atoms with Gasteiger partial charge in [0.15, 0.2) is 0 Å². The topological polar surface area (TPSA) is 219 Å². The molecule has 0 bridgehead atoms. The van der Waals surface area contributed by atoms with Crippen molar-refractivity contribution in [1.29, 1.82) is 0 Å². The van der Waals surface area contributed by atoms with Gasteiger partial charge in [-0.3, -0.25) is 19.6 Å². The average Bonchev–Trinajstić information content (AvgIpc) is 3.14. The monoisotopic (exact) mass is 781 g/mol. The Kier molecular flexibility index (Phi) is 27.7. The Bertz CT molecular complexity index is 1470. The average molecular weight is 782 g/mol. The van der Waals surface area contributed by atoms with Crippen LogP contribution in [0.1, 0.15) is 69.1 Å². The van der Waals surface area contributed by atoms with Gasteiger partial charge in [0.25, 0.3) is 11.8 Å². The van der Waals surface area contributed by atoms with Crippen LogP contribution >= 0.6 is 0 Å². The largest absolute Gasteiger partial charge is 2.00 e. The molecule has 0 atom stereocenters. The summed E-state index contributed by atoms with van der Waals surface area (Å²) in [5.41, 5.74) is 3.68. The molecule has 0 unspecified atom stereocenters. The minimum absolute atomic E-state index is 0. The summed E-state index contributed by atoms with van der Waals surface area (Å²) in [7, 11) is 7.59. The number of carbonyl (C=O) groups is 4. The van der Waals surface area contributed by atoms with Crippen molar-refractivity contribution in [2.45, 2.75) is 27.7 Å². The summed E-state index contributed by atoms with van der Waals surface area (Å²) < 4.78 is 0. The van der Waals surface area contributed by atoms with Crippen molar-refractivity contribution in [1.82, 2.24) is 19.8 Å². The number of carbonyl (C=O) groups excluding carboxylic acids is 4. The van der Waals surface area contributed by atoms with E-state index in [1.165, 1.54) is 24.3 Å². The number of rotatable bonds is 10. The van der Waals surface area contributed by atoms with Crippen molar-refractivity contribution in [2.75, 3.05) is 64.2 Å². The fourth-order valence-corrected chi connectivity index (χ4v) is 4.16. The van der Waals surface area contributed by atoms with Crippen molar-refractivity contribution < 1.29 is 57.1 Å². The SMILES string of the molecule is CCN(CC)C(=O)c1cccnc1.CCN(CC)C(=O)c1cccnc1.CN(C)c1ccc(C(=O)[O-])cc1.CN(C)c1ccc(C(=O)[O-])cc1.[Co+2].[OH3+].[OH3+]. The van der Waals surface area contributed by atoms with Gasteiger partial charge in [-0.15, -0.1) is 0 Å². The Morgan fingerprint density at radius 3 is 0.981 bits per heavy atom. The van der Waals surface area contributed by atoms with Gasteiger partial charge in [0.1, 0.15) is 0 Å². The van der Waals surface area contributed by atoms with Crippen LogP contribution in [0.25, 0.3) is 0 Å². The molecule has 0 aliphatic heterocycles. The van der Waals surface area contributed by atoms with Crippen LogP contribution in [0.3, 0.4) is 0 Å². The van der Waals surface area contributed by atoms with Crippen LogP contribution in [-0.4, -0.2) is 97.9 Å². The summed E-state index contributed by atoms with van der Waals surface area (Å²) in [4.78, 5) is 59.3. The second kappa shape index (κ2) is 28.3. The summed E-state index contributed by atoms with van der Waals surface area (Å²) in [6, 6.07) is 20.2. The fourth-order valence-electron chi connectivity index (χ4n) is 4.16. The zero-order chi connectivity index (χ0) is 37.6. The molecule has 0 aliphatic carbocycles. The molecule has 1 radical (unpaired) electrons. The summed E-state index contributed by atoms with van der Waals surface area (Å²) >= 11 is 0. The van der Waals surface area contributed by atoms with E-state index in [4.69, 9.17) is 0 Å². The van der Waals surface area contributed by atoms with E-state index in [0.717, 1.165) is 37.6 Å². The first kappa shape index (κ1) is 52.0. The minimum Gasteiger partial charge on any atom is -0.545 e. The second-order valence-electron chi connectivity index (χ2n) is 10.9. The first-order chi connectivity index (χ1) is 23.8. The number of hydrogen-bond acceptors (Lipinski definition) is 10. The zero-order valence-electron chi connectivity index (χ0n) is 31.7. The number of pyridine rings is 2. The van der Waals surface area contributed by atoms with E-state index in [1.54, 1.807) is 83.1 Å². The van der Waals surface area contributed by atoms with Crippen molar-refractivity contribution in [3.63, 3.8) is 0 Å². The Hall–Kier alpha value is -5.35. The molecule has 0 aliphatic rings. The predicted molar refractivity (Wildman–Crippen MR) is 203 cm³/mol. The molecule has 4 aromatic rings. The summed E-state index contributed by atoms with van der Waals surface area (Å²) in [6.07, 6.45) is 6.53. The molecule has 15 heteroatoms. The smallest absolute Gasteiger partial charge is 0.545 e. The van der Waals surface area contributed by atoms with Crippen molar-refractivity contribution >= 4 is 35.1 Å². The molecule has 53 heavy (non-hydrogen) atoms. The first-order valence-electron chi connectivity index (χ1n) is 16.2. The van der Waals surface area contributed by atoms with Crippen molar-refractivity contribution in [3.05, 3.63) is 120 Å². The predicted octanol–water partition coefficient (Wildman–Crippen LogP) is 1.51. The standard InChI is InChI=1S/2C10H14N2O.2C9H11NO2.Co.2H2O/c2*1-3-12(4-2)10(13)9-6-5-7-11-8-9;2*1-10(2)8-5-3-7(4-6-8)9(11)12;;;/h2*5-8H,3-4H2,1-2H3;2*3-6H,1-2H3,(H,11,12);;2*1H2/q;;;;+2;;. The number of aromatic nitrogens is 2. The molecular weight excluding hydrogens is 727 g/mol. The second-order valence-corrected chi connectivity index (χ2v) is 10.9. The van der Waals surface area contributed by atoms with Crippen molar-refractivity contribution in [3.8, 4) is 0 Å². The molecule has 0 saturated heterocycles. The molecule has 0 saturated carbocycles. The number of anilines is 2. The van der Waals surface area contributed by atoms with E-state index < -0.39 is 11.9 Å². The number of amides is 2. The maximum atomic E-state index is 11.7. The normalized spacial score (nSPS) is 9.06. The number of carboxylic acids is 2. The molecule has 4 rings (SSSR count). The number of nitrogens with zero attached hydrogens (tertiary/aromatic N) is 6. The molecule has 2 aromatic heterocycles. The van der Waals surface area contributed by atoms with Gasteiger partial charge in [-0.2, -0.15) is 0 Å². The molecule has 0 fully saturated rings. The summed E-state index contributed by atoms with van der Waals surface area (Å²) in [5.74, 6) is -2.17. The Balaban J connectivity index is -0.000000618.